The minimum Gasteiger partial charge on any atom is -0.347 e. The van der Waals surface area contributed by atoms with Gasteiger partial charge in [0.2, 0.25) is 5.78 Å². The van der Waals surface area contributed by atoms with E-state index in [0.717, 1.165) is 46.2 Å². The highest BCUT2D eigenvalue weighted by Crippen LogP contribution is 2.31. The lowest BCUT2D eigenvalue weighted by molar-refractivity contribution is 0.103. The number of fused-ring (bicyclic) bond motifs is 2. The first-order valence-electron chi connectivity index (χ1n) is 8.29. The highest BCUT2D eigenvalue weighted by atomic mass is 32.1. The Morgan fingerprint density at radius 1 is 1.21 bits per heavy atom. The van der Waals surface area contributed by atoms with Crippen LogP contribution in [0.15, 0.2) is 41.8 Å². The fourth-order valence-corrected chi connectivity index (χ4v) is 4.47. The first-order valence-corrected chi connectivity index (χ1v) is 9.17. The summed E-state index contributed by atoms with van der Waals surface area (Å²) in [4.78, 5) is 14.6. The molecule has 24 heavy (non-hydrogen) atoms. The van der Waals surface area contributed by atoms with Gasteiger partial charge in [-0.1, -0.05) is 25.1 Å². The van der Waals surface area contributed by atoms with Crippen molar-refractivity contribution in [2.24, 2.45) is 7.05 Å². The number of ketones is 1. The molecule has 3 aromatic heterocycles. The zero-order valence-corrected chi connectivity index (χ0v) is 15.0. The van der Waals surface area contributed by atoms with Gasteiger partial charge in [-0.15, -0.1) is 11.3 Å². The molecule has 122 valence electrons. The van der Waals surface area contributed by atoms with Crippen molar-refractivity contribution in [3.05, 3.63) is 58.7 Å². The number of nitrogens with zero attached hydrogens (tertiary/aromatic N) is 2. The van der Waals surface area contributed by atoms with E-state index in [4.69, 9.17) is 0 Å². The fourth-order valence-electron chi connectivity index (χ4n) is 3.54. The van der Waals surface area contributed by atoms with Crippen LogP contribution in [0, 0.1) is 6.92 Å². The smallest absolute Gasteiger partial charge is 0.211 e. The number of carbonyl (C=O) groups is 1. The molecule has 0 amide bonds. The van der Waals surface area contributed by atoms with E-state index in [1.807, 2.05) is 38.2 Å². The molecule has 0 aliphatic rings. The van der Waals surface area contributed by atoms with Crippen molar-refractivity contribution in [1.82, 2.24) is 9.13 Å². The van der Waals surface area contributed by atoms with Crippen LogP contribution in [0.1, 0.15) is 35.1 Å². The van der Waals surface area contributed by atoms with Crippen LogP contribution >= 0.6 is 11.3 Å². The van der Waals surface area contributed by atoms with Gasteiger partial charge in [-0.05, 0) is 36.9 Å². The maximum Gasteiger partial charge on any atom is 0.211 e. The Kier molecular flexibility index (Phi) is 3.57. The van der Waals surface area contributed by atoms with Crippen molar-refractivity contribution < 1.29 is 4.79 Å². The molecule has 4 aromatic rings. The molecule has 1 aromatic carbocycles. The van der Waals surface area contributed by atoms with E-state index < -0.39 is 0 Å². The molecule has 0 bridgehead atoms. The summed E-state index contributed by atoms with van der Waals surface area (Å²) in [5.74, 6) is 0.126. The normalized spacial score (nSPS) is 11.6. The van der Waals surface area contributed by atoms with Crippen molar-refractivity contribution in [2.45, 2.75) is 26.8 Å². The number of rotatable bonds is 4. The molecule has 0 radical (unpaired) electrons. The van der Waals surface area contributed by atoms with Crippen LogP contribution in [0.4, 0.5) is 0 Å². The first-order chi connectivity index (χ1) is 11.6. The standard InChI is InChI=1S/C20H20N2OS/c1-4-10-22-17(12-14-9-11-24-20(14)22)19(23)18-13(2)21(3)16-8-6-5-7-15(16)18/h5-9,11-12H,4,10H2,1-3H3. The molecule has 4 rings (SSSR count). The number of para-hydroxylation sites is 1. The Bertz CT molecular complexity index is 1060. The van der Waals surface area contributed by atoms with Crippen LogP contribution < -0.4 is 0 Å². The molecule has 0 aliphatic carbocycles. The van der Waals surface area contributed by atoms with Crippen molar-refractivity contribution in [3.63, 3.8) is 0 Å². The average molecular weight is 336 g/mol. The number of benzene rings is 1. The summed E-state index contributed by atoms with van der Waals surface area (Å²) < 4.78 is 4.29. The Morgan fingerprint density at radius 3 is 2.79 bits per heavy atom. The Balaban J connectivity index is 1.96. The van der Waals surface area contributed by atoms with Crippen molar-refractivity contribution in [2.75, 3.05) is 0 Å². The van der Waals surface area contributed by atoms with E-state index in [-0.39, 0.29) is 5.78 Å². The Labute approximate surface area is 145 Å². The number of aryl methyl sites for hydroxylation is 2. The molecular formula is C20H20N2OS. The van der Waals surface area contributed by atoms with Crippen LogP contribution in [0.2, 0.25) is 0 Å². The number of hydrogen-bond acceptors (Lipinski definition) is 2. The number of carbonyl (C=O) groups excluding carboxylic acids is 1. The van der Waals surface area contributed by atoms with Gasteiger partial charge in [0, 0.05) is 35.6 Å². The first kappa shape index (κ1) is 15.2. The maximum absolute atomic E-state index is 13.4. The molecular weight excluding hydrogens is 316 g/mol. The summed E-state index contributed by atoms with van der Waals surface area (Å²) in [7, 11) is 2.03. The Hall–Kier alpha value is -2.33. The second-order valence-corrected chi connectivity index (χ2v) is 7.12. The molecule has 3 nitrogen and oxygen atoms in total. The molecule has 0 atom stereocenters. The van der Waals surface area contributed by atoms with Gasteiger partial charge >= 0.3 is 0 Å². The lowest BCUT2D eigenvalue weighted by atomic mass is 10.0. The third-order valence-electron chi connectivity index (χ3n) is 4.81. The van der Waals surface area contributed by atoms with Gasteiger partial charge in [-0.25, -0.2) is 0 Å². The number of hydrogen-bond donors (Lipinski definition) is 0. The summed E-state index contributed by atoms with van der Waals surface area (Å²) in [6, 6.07) is 12.3. The van der Waals surface area contributed by atoms with E-state index >= 15 is 0 Å². The molecule has 0 saturated heterocycles. The van der Waals surface area contributed by atoms with Crippen molar-refractivity contribution >= 4 is 38.2 Å². The van der Waals surface area contributed by atoms with Gasteiger partial charge in [-0.2, -0.15) is 0 Å². The zero-order valence-electron chi connectivity index (χ0n) is 14.2. The fraction of sp³-hybridized carbons (Fsp3) is 0.250. The lowest BCUT2D eigenvalue weighted by Gasteiger charge is -2.08. The predicted octanol–water partition coefficient (Wildman–Crippen LogP) is 5.14. The second-order valence-electron chi connectivity index (χ2n) is 6.23. The molecule has 4 heteroatoms. The van der Waals surface area contributed by atoms with E-state index in [1.165, 1.54) is 4.83 Å². The van der Waals surface area contributed by atoms with Gasteiger partial charge in [0.15, 0.2) is 0 Å². The number of aromatic nitrogens is 2. The van der Waals surface area contributed by atoms with Crippen LogP contribution in [0.5, 0.6) is 0 Å². The summed E-state index contributed by atoms with van der Waals surface area (Å²) in [5, 5.41) is 4.29. The summed E-state index contributed by atoms with van der Waals surface area (Å²) in [6.45, 7) is 5.05. The summed E-state index contributed by atoms with van der Waals surface area (Å²) in [6.07, 6.45) is 1.01. The maximum atomic E-state index is 13.4. The van der Waals surface area contributed by atoms with Gasteiger partial charge in [0.05, 0.1) is 11.3 Å². The minimum absolute atomic E-state index is 0.126. The third-order valence-corrected chi connectivity index (χ3v) is 5.76. The molecule has 0 fully saturated rings. The van der Waals surface area contributed by atoms with E-state index in [0.29, 0.717) is 0 Å². The molecule has 0 unspecified atom stereocenters. The predicted molar refractivity (Wildman–Crippen MR) is 101 cm³/mol. The second kappa shape index (κ2) is 5.64. The van der Waals surface area contributed by atoms with Crippen LogP contribution in [-0.2, 0) is 13.6 Å². The van der Waals surface area contributed by atoms with Crippen molar-refractivity contribution in [3.8, 4) is 0 Å². The molecule has 0 spiro atoms. The van der Waals surface area contributed by atoms with Crippen molar-refractivity contribution in [1.29, 1.82) is 0 Å². The lowest BCUT2D eigenvalue weighted by Crippen LogP contribution is -2.11. The molecule has 0 saturated carbocycles. The van der Waals surface area contributed by atoms with E-state index in [9.17, 15) is 4.79 Å². The minimum atomic E-state index is 0.126. The number of thiophene rings is 1. The largest absolute Gasteiger partial charge is 0.347 e. The quantitative estimate of drug-likeness (QED) is 0.474. The van der Waals surface area contributed by atoms with Gasteiger partial charge in [0.25, 0.3) is 0 Å². The highest BCUT2D eigenvalue weighted by Gasteiger charge is 2.23. The average Bonchev–Trinajstić information content (AvgIpc) is 3.23. The van der Waals surface area contributed by atoms with E-state index in [2.05, 4.69) is 33.6 Å². The van der Waals surface area contributed by atoms with Gasteiger partial charge in [0.1, 0.15) is 4.83 Å². The molecule has 3 heterocycles. The molecule has 0 aliphatic heterocycles. The SMILES string of the molecule is CCCn1c(C(=O)c2c(C)n(C)c3ccccc23)cc2ccsc21. The highest BCUT2D eigenvalue weighted by molar-refractivity contribution is 7.16. The third kappa shape index (κ3) is 2.06. The zero-order chi connectivity index (χ0) is 16.8. The molecule has 0 N–H and O–H groups in total. The van der Waals surface area contributed by atoms with Crippen LogP contribution in [-0.4, -0.2) is 14.9 Å². The van der Waals surface area contributed by atoms with Crippen LogP contribution in [0.25, 0.3) is 21.1 Å². The van der Waals surface area contributed by atoms with Gasteiger partial charge < -0.3 is 9.13 Å². The van der Waals surface area contributed by atoms with E-state index in [1.54, 1.807) is 11.3 Å². The summed E-state index contributed by atoms with van der Waals surface area (Å²) in [5.41, 5.74) is 3.76. The Morgan fingerprint density at radius 2 is 2.00 bits per heavy atom. The monoisotopic (exact) mass is 336 g/mol. The summed E-state index contributed by atoms with van der Waals surface area (Å²) >= 11 is 1.71. The van der Waals surface area contributed by atoms with Gasteiger partial charge in [-0.3, -0.25) is 4.79 Å². The van der Waals surface area contributed by atoms with Crippen LogP contribution in [0.3, 0.4) is 0 Å². The topological polar surface area (TPSA) is 26.9 Å².